The largest absolute Gasteiger partial charge is 0.459 e. The molecule has 0 bridgehead atoms. The standard InChI is InChI=1S/C19H22BrCl2NO3/c1-11-13(14-7-12(21)5-6-15(14)22)8-17(24)23(16(11)9-20)10-18(25)26-19(2,3)4/h5-7,13H,8-10H2,1-4H3. The van der Waals surface area contributed by atoms with Gasteiger partial charge in [-0.25, -0.2) is 0 Å². The van der Waals surface area contributed by atoms with Crippen molar-refractivity contribution in [3.63, 3.8) is 0 Å². The fourth-order valence-electron chi connectivity index (χ4n) is 2.99. The van der Waals surface area contributed by atoms with Crippen molar-refractivity contribution in [1.82, 2.24) is 4.90 Å². The molecular weight excluding hydrogens is 441 g/mol. The number of alkyl halides is 1. The Hall–Kier alpha value is -1.04. The topological polar surface area (TPSA) is 46.6 Å². The Morgan fingerprint density at radius 1 is 1.35 bits per heavy atom. The molecule has 7 heteroatoms. The first-order valence-corrected chi connectivity index (χ1v) is 10.1. The molecule has 0 saturated heterocycles. The van der Waals surface area contributed by atoms with Gasteiger partial charge < -0.3 is 9.64 Å². The normalized spacial score (nSPS) is 18.3. The van der Waals surface area contributed by atoms with Crippen LogP contribution >= 0.6 is 39.1 Å². The fourth-order valence-corrected chi connectivity index (χ4v) is 4.17. The number of hydrogen-bond donors (Lipinski definition) is 0. The Morgan fingerprint density at radius 2 is 2.00 bits per heavy atom. The summed E-state index contributed by atoms with van der Waals surface area (Å²) in [6.45, 7) is 7.24. The van der Waals surface area contributed by atoms with E-state index in [1.54, 1.807) is 39.0 Å². The van der Waals surface area contributed by atoms with Crippen LogP contribution in [-0.2, 0) is 14.3 Å². The highest BCUT2D eigenvalue weighted by Crippen LogP contribution is 2.40. The highest BCUT2D eigenvalue weighted by Gasteiger charge is 2.34. The Bertz CT molecular complexity index is 756. The minimum Gasteiger partial charge on any atom is -0.459 e. The lowest BCUT2D eigenvalue weighted by atomic mass is 9.84. The number of benzene rings is 1. The van der Waals surface area contributed by atoms with E-state index in [0.717, 1.165) is 16.8 Å². The van der Waals surface area contributed by atoms with Crippen molar-refractivity contribution >= 4 is 51.0 Å². The number of carbonyl (C=O) groups is 2. The molecule has 0 aromatic heterocycles. The first-order valence-electron chi connectivity index (χ1n) is 8.26. The Morgan fingerprint density at radius 3 is 2.58 bits per heavy atom. The first kappa shape index (κ1) is 21.3. The van der Waals surface area contributed by atoms with Gasteiger partial charge in [0.2, 0.25) is 5.91 Å². The summed E-state index contributed by atoms with van der Waals surface area (Å²) in [5.74, 6) is -0.746. The molecule has 2 rings (SSSR count). The molecule has 0 saturated carbocycles. The lowest BCUT2D eigenvalue weighted by Crippen LogP contribution is -2.42. The number of allylic oxidation sites excluding steroid dienone is 2. The van der Waals surface area contributed by atoms with Gasteiger partial charge in [0, 0.05) is 33.4 Å². The molecular formula is C19H22BrCl2NO3. The van der Waals surface area contributed by atoms with Crippen molar-refractivity contribution in [2.24, 2.45) is 0 Å². The van der Waals surface area contributed by atoms with Crippen molar-refractivity contribution in [3.05, 3.63) is 45.1 Å². The van der Waals surface area contributed by atoms with Crippen LogP contribution in [0.1, 0.15) is 45.6 Å². The molecule has 1 aromatic rings. The quantitative estimate of drug-likeness (QED) is 0.449. The lowest BCUT2D eigenvalue weighted by Gasteiger charge is -2.35. The van der Waals surface area contributed by atoms with Crippen molar-refractivity contribution < 1.29 is 14.3 Å². The van der Waals surface area contributed by atoms with E-state index in [0.29, 0.717) is 15.4 Å². The van der Waals surface area contributed by atoms with Gasteiger partial charge in [0.05, 0.1) is 0 Å². The van der Waals surface area contributed by atoms with E-state index in [2.05, 4.69) is 15.9 Å². The molecule has 1 heterocycles. The Balaban J connectivity index is 2.35. The molecule has 0 radical (unpaired) electrons. The number of carbonyl (C=O) groups excluding carboxylic acids is 2. The summed E-state index contributed by atoms with van der Waals surface area (Å²) in [6, 6.07) is 5.25. The van der Waals surface area contributed by atoms with Crippen LogP contribution in [0.15, 0.2) is 29.5 Å². The van der Waals surface area contributed by atoms with Gasteiger partial charge in [-0.15, -0.1) is 0 Å². The van der Waals surface area contributed by atoms with Crippen LogP contribution in [0.25, 0.3) is 0 Å². The van der Waals surface area contributed by atoms with Gasteiger partial charge >= 0.3 is 5.97 Å². The zero-order valence-electron chi connectivity index (χ0n) is 15.2. The van der Waals surface area contributed by atoms with E-state index in [-0.39, 0.29) is 24.8 Å². The van der Waals surface area contributed by atoms with E-state index in [1.807, 2.05) is 6.92 Å². The zero-order valence-corrected chi connectivity index (χ0v) is 18.3. The summed E-state index contributed by atoms with van der Waals surface area (Å²) in [5.41, 5.74) is 1.96. The maximum Gasteiger partial charge on any atom is 0.326 e. The minimum absolute atomic E-state index is 0.107. The predicted molar refractivity (Wildman–Crippen MR) is 108 cm³/mol. The number of ether oxygens (including phenoxy) is 1. The molecule has 142 valence electrons. The predicted octanol–water partition coefficient (Wildman–Crippen LogP) is 5.32. The maximum atomic E-state index is 12.8. The first-order chi connectivity index (χ1) is 12.0. The van der Waals surface area contributed by atoms with Crippen LogP contribution < -0.4 is 0 Å². The van der Waals surface area contributed by atoms with Gasteiger partial charge in [0.15, 0.2) is 0 Å². The molecule has 26 heavy (non-hydrogen) atoms. The van der Waals surface area contributed by atoms with Gasteiger partial charge in [-0.1, -0.05) is 39.1 Å². The second-order valence-corrected chi connectivity index (χ2v) is 8.66. The summed E-state index contributed by atoms with van der Waals surface area (Å²) in [7, 11) is 0. The summed E-state index contributed by atoms with van der Waals surface area (Å²) < 4.78 is 5.35. The van der Waals surface area contributed by atoms with Gasteiger partial charge in [-0.05, 0) is 57.0 Å². The summed E-state index contributed by atoms with van der Waals surface area (Å²) in [5, 5.41) is 1.59. The monoisotopic (exact) mass is 461 g/mol. The van der Waals surface area contributed by atoms with Crippen LogP contribution in [0.4, 0.5) is 0 Å². The van der Waals surface area contributed by atoms with E-state index >= 15 is 0 Å². The lowest BCUT2D eigenvalue weighted by molar-refractivity contribution is -0.158. The van der Waals surface area contributed by atoms with Crippen molar-refractivity contribution in [3.8, 4) is 0 Å². The molecule has 1 aliphatic heterocycles. The smallest absolute Gasteiger partial charge is 0.326 e. The van der Waals surface area contributed by atoms with Gasteiger partial charge in [-0.3, -0.25) is 9.59 Å². The van der Waals surface area contributed by atoms with E-state index < -0.39 is 11.6 Å². The molecule has 1 unspecified atom stereocenters. The number of rotatable bonds is 4. The molecule has 1 atom stereocenters. The third kappa shape index (κ3) is 5.02. The molecule has 1 aromatic carbocycles. The molecule has 1 amide bonds. The Kier molecular flexibility index (Phi) is 6.81. The van der Waals surface area contributed by atoms with E-state index in [9.17, 15) is 9.59 Å². The summed E-state index contributed by atoms with van der Waals surface area (Å²) in [6.07, 6.45) is 0.227. The van der Waals surface area contributed by atoms with Crippen molar-refractivity contribution in [2.75, 3.05) is 11.9 Å². The molecule has 4 nitrogen and oxygen atoms in total. The van der Waals surface area contributed by atoms with Crippen LogP contribution in [0.2, 0.25) is 10.0 Å². The highest BCUT2D eigenvalue weighted by molar-refractivity contribution is 9.09. The minimum atomic E-state index is -0.597. The van der Waals surface area contributed by atoms with E-state index in [4.69, 9.17) is 27.9 Å². The van der Waals surface area contributed by atoms with Crippen LogP contribution in [0.3, 0.4) is 0 Å². The molecule has 0 aliphatic carbocycles. The Labute approximate surface area is 172 Å². The second kappa shape index (κ2) is 8.32. The van der Waals surface area contributed by atoms with Crippen molar-refractivity contribution in [2.45, 2.75) is 45.6 Å². The van der Waals surface area contributed by atoms with E-state index in [1.165, 1.54) is 4.90 Å². The maximum absolute atomic E-state index is 12.8. The number of nitrogens with zero attached hydrogens (tertiary/aromatic N) is 1. The van der Waals surface area contributed by atoms with Crippen LogP contribution in [-0.4, -0.2) is 34.3 Å². The molecule has 0 fully saturated rings. The molecule has 0 spiro atoms. The number of amides is 1. The molecule has 0 N–H and O–H groups in total. The van der Waals surface area contributed by atoms with Crippen molar-refractivity contribution in [1.29, 1.82) is 0 Å². The summed E-state index contributed by atoms with van der Waals surface area (Å²) >= 11 is 15.9. The third-order valence-corrected chi connectivity index (χ3v) is 5.26. The van der Waals surface area contributed by atoms with Gasteiger partial charge in [0.25, 0.3) is 0 Å². The van der Waals surface area contributed by atoms with Gasteiger partial charge in [-0.2, -0.15) is 0 Å². The van der Waals surface area contributed by atoms with Gasteiger partial charge in [0.1, 0.15) is 12.1 Å². The highest BCUT2D eigenvalue weighted by atomic mass is 79.9. The number of halogens is 3. The second-order valence-electron chi connectivity index (χ2n) is 7.25. The zero-order chi connectivity index (χ0) is 19.6. The SMILES string of the molecule is CC1=C(CBr)N(CC(=O)OC(C)(C)C)C(=O)CC1c1cc(Cl)ccc1Cl. The van der Waals surface area contributed by atoms with Crippen LogP contribution in [0.5, 0.6) is 0 Å². The van der Waals surface area contributed by atoms with Crippen LogP contribution in [0, 0.1) is 0 Å². The molecule has 1 aliphatic rings. The average Bonchev–Trinajstić information content (AvgIpc) is 2.51. The third-order valence-electron chi connectivity index (χ3n) is 4.15. The average molecular weight is 463 g/mol. The number of hydrogen-bond acceptors (Lipinski definition) is 3. The summed E-state index contributed by atoms with van der Waals surface area (Å²) in [4.78, 5) is 26.5. The fraction of sp³-hybridized carbons (Fsp3) is 0.474. The number of esters is 1.